The number of nitrogens with two attached hydrogens (primary N) is 1. The lowest BCUT2D eigenvalue weighted by Gasteiger charge is -2.12. The van der Waals surface area contributed by atoms with Gasteiger partial charge in [0, 0.05) is 19.0 Å². The predicted molar refractivity (Wildman–Crippen MR) is 74.4 cm³/mol. The van der Waals surface area contributed by atoms with Gasteiger partial charge in [0.05, 0.1) is 33.1 Å². The number of ether oxygens (including phenoxy) is 3. The zero-order chi connectivity index (χ0) is 14.5. The van der Waals surface area contributed by atoms with Crippen molar-refractivity contribution in [1.29, 1.82) is 0 Å². The van der Waals surface area contributed by atoms with Gasteiger partial charge in [0.2, 0.25) is 0 Å². The SMILES string of the molecule is COc1cc(OC)c(-c2cnc(CCN)o2)cc1OC. The van der Waals surface area contributed by atoms with Gasteiger partial charge in [-0.3, -0.25) is 0 Å². The van der Waals surface area contributed by atoms with Gasteiger partial charge in [-0.05, 0) is 6.07 Å². The molecule has 6 heteroatoms. The van der Waals surface area contributed by atoms with Gasteiger partial charge in [0.1, 0.15) is 5.75 Å². The number of aromatic nitrogens is 1. The van der Waals surface area contributed by atoms with Crippen LogP contribution in [0.5, 0.6) is 17.2 Å². The molecule has 6 nitrogen and oxygen atoms in total. The molecular weight excluding hydrogens is 260 g/mol. The van der Waals surface area contributed by atoms with Crippen LogP contribution in [-0.2, 0) is 6.42 Å². The van der Waals surface area contributed by atoms with Crippen LogP contribution in [0.2, 0.25) is 0 Å². The Balaban J connectivity index is 2.47. The first-order chi connectivity index (χ1) is 9.73. The first-order valence-corrected chi connectivity index (χ1v) is 6.18. The molecule has 0 radical (unpaired) electrons. The minimum absolute atomic E-state index is 0.489. The van der Waals surface area contributed by atoms with Gasteiger partial charge in [-0.1, -0.05) is 0 Å². The van der Waals surface area contributed by atoms with Crippen LogP contribution in [-0.4, -0.2) is 32.9 Å². The monoisotopic (exact) mass is 278 g/mol. The van der Waals surface area contributed by atoms with E-state index < -0.39 is 0 Å². The van der Waals surface area contributed by atoms with Gasteiger partial charge in [-0.25, -0.2) is 4.98 Å². The normalized spacial score (nSPS) is 10.4. The first-order valence-electron chi connectivity index (χ1n) is 6.18. The maximum Gasteiger partial charge on any atom is 0.196 e. The molecule has 0 fully saturated rings. The van der Waals surface area contributed by atoms with E-state index in [-0.39, 0.29) is 0 Å². The van der Waals surface area contributed by atoms with Crippen molar-refractivity contribution in [3.05, 3.63) is 24.2 Å². The zero-order valence-electron chi connectivity index (χ0n) is 11.8. The summed E-state index contributed by atoms with van der Waals surface area (Å²) in [6.45, 7) is 0.489. The molecule has 2 aromatic rings. The molecule has 0 saturated heterocycles. The van der Waals surface area contributed by atoms with E-state index in [0.29, 0.717) is 41.9 Å². The van der Waals surface area contributed by atoms with Crippen LogP contribution < -0.4 is 19.9 Å². The first kappa shape index (κ1) is 14.2. The van der Waals surface area contributed by atoms with Crippen LogP contribution in [0.3, 0.4) is 0 Å². The Morgan fingerprint density at radius 2 is 1.70 bits per heavy atom. The third-order valence-corrected chi connectivity index (χ3v) is 2.88. The molecule has 0 spiro atoms. The molecule has 2 N–H and O–H groups in total. The molecule has 0 bridgehead atoms. The fraction of sp³-hybridized carbons (Fsp3) is 0.357. The van der Waals surface area contributed by atoms with E-state index in [1.54, 1.807) is 39.7 Å². The molecule has 1 heterocycles. The zero-order valence-corrected chi connectivity index (χ0v) is 11.8. The Bertz CT molecular complexity index is 581. The lowest BCUT2D eigenvalue weighted by molar-refractivity contribution is 0.349. The molecule has 0 aliphatic heterocycles. The molecule has 1 aromatic carbocycles. The maximum absolute atomic E-state index is 5.66. The second kappa shape index (κ2) is 6.29. The minimum atomic E-state index is 0.489. The molecule has 0 amide bonds. The quantitative estimate of drug-likeness (QED) is 0.869. The highest BCUT2D eigenvalue weighted by Crippen LogP contribution is 2.40. The molecule has 1 aromatic heterocycles. The molecule has 108 valence electrons. The number of oxazole rings is 1. The van der Waals surface area contributed by atoms with Crippen molar-refractivity contribution in [3.8, 4) is 28.6 Å². The molecule has 20 heavy (non-hydrogen) atoms. The molecule has 0 atom stereocenters. The van der Waals surface area contributed by atoms with Crippen molar-refractivity contribution in [1.82, 2.24) is 4.98 Å². The van der Waals surface area contributed by atoms with Gasteiger partial charge in [-0.15, -0.1) is 0 Å². The van der Waals surface area contributed by atoms with Crippen LogP contribution in [0.25, 0.3) is 11.3 Å². The largest absolute Gasteiger partial charge is 0.496 e. The Hall–Kier alpha value is -2.21. The van der Waals surface area contributed by atoms with Crippen molar-refractivity contribution in [2.45, 2.75) is 6.42 Å². The van der Waals surface area contributed by atoms with E-state index in [0.717, 1.165) is 5.56 Å². The Labute approximate surface area is 117 Å². The highest BCUT2D eigenvalue weighted by Gasteiger charge is 2.16. The van der Waals surface area contributed by atoms with Crippen molar-refractivity contribution in [2.24, 2.45) is 5.73 Å². The van der Waals surface area contributed by atoms with Crippen LogP contribution in [0.1, 0.15) is 5.89 Å². The number of hydrogen-bond acceptors (Lipinski definition) is 6. The van der Waals surface area contributed by atoms with Crippen LogP contribution >= 0.6 is 0 Å². The van der Waals surface area contributed by atoms with Gasteiger partial charge in [0.15, 0.2) is 23.1 Å². The molecule has 0 aliphatic carbocycles. The lowest BCUT2D eigenvalue weighted by atomic mass is 10.1. The smallest absolute Gasteiger partial charge is 0.196 e. The van der Waals surface area contributed by atoms with Gasteiger partial charge in [0.25, 0.3) is 0 Å². The van der Waals surface area contributed by atoms with Gasteiger partial charge in [-0.2, -0.15) is 0 Å². The second-order valence-corrected chi connectivity index (χ2v) is 4.06. The van der Waals surface area contributed by atoms with Crippen molar-refractivity contribution in [3.63, 3.8) is 0 Å². The predicted octanol–water partition coefficient (Wildman–Crippen LogP) is 1.87. The molecular formula is C14H18N2O4. The van der Waals surface area contributed by atoms with E-state index in [1.807, 2.05) is 0 Å². The number of benzene rings is 1. The Kier molecular flexibility index (Phi) is 4.47. The van der Waals surface area contributed by atoms with Crippen molar-refractivity contribution >= 4 is 0 Å². The summed E-state index contributed by atoms with van der Waals surface area (Å²) in [6, 6.07) is 3.55. The van der Waals surface area contributed by atoms with Crippen LogP contribution in [0.4, 0.5) is 0 Å². The van der Waals surface area contributed by atoms with Crippen LogP contribution in [0, 0.1) is 0 Å². The van der Waals surface area contributed by atoms with E-state index in [2.05, 4.69) is 4.98 Å². The highest BCUT2D eigenvalue weighted by molar-refractivity contribution is 5.70. The van der Waals surface area contributed by atoms with Gasteiger partial charge >= 0.3 is 0 Å². The summed E-state index contributed by atoms with van der Waals surface area (Å²) in [5.41, 5.74) is 6.24. The Morgan fingerprint density at radius 1 is 1.05 bits per heavy atom. The van der Waals surface area contributed by atoms with E-state index in [1.165, 1.54) is 0 Å². The summed E-state index contributed by atoms with van der Waals surface area (Å²) >= 11 is 0. The minimum Gasteiger partial charge on any atom is -0.496 e. The van der Waals surface area contributed by atoms with E-state index in [4.69, 9.17) is 24.4 Å². The standard InChI is InChI=1S/C14H18N2O4/c1-17-10-7-12(19-3)11(18-2)6-9(10)13-8-16-14(20-13)4-5-15/h6-8H,4-5,15H2,1-3H3. The second-order valence-electron chi connectivity index (χ2n) is 4.06. The van der Waals surface area contributed by atoms with Gasteiger partial charge < -0.3 is 24.4 Å². The molecule has 0 saturated carbocycles. The van der Waals surface area contributed by atoms with Crippen LogP contribution in [0.15, 0.2) is 22.7 Å². The molecule has 2 rings (SSSR count). The lowest BCUT2D eigenvalue weighted by Crippen LogP contribution is -2.02. The summed E-state index contributed by atoms with van der Waals surface area (Å²) in [5.74, 6) is 3.01. The fourth-order valence-electron chi connectivity index (χ4n) is 1.90. The topological polar surface area (TPSA) is 79.7 Å². The average Bonchev–Trinajstić information content (AvgIpc) is 2.94. The number of rotatable bonds is 6. The van der Waals surface area contributed by atoms with E-state index in [9.17, 15) is 0 Å². The fourth-order valence-corrected chi connectivity index (χ4v) is 1.90. The molecule has 0 unspecified atom stereocenters. The summed E-state index contributed by atoms with van der Waals surface area (Å²) in [7, 11) is 4.74. The third kappa shape index (κ3) is 2.70. The third-order valence-electron chi connectivity index (χ3n) is 2.88. The summed E-state index contributed by atoms with van der Waals surface area (Å²) in [6.07, 6.45) is 2.24. The number of nitrogens with zero attached hydrogens (tertiary/aromatic N) is 1. The number of hydrogen-bond donors (Lipinski definition) is 1. The number of methoxy groups -OCH3 is 3. The summed E-state index contributed by atoms with van der Waals surface area (Å²) in [4.78, 5) is 4.18. The maximum atomic E-state index is 5.66. The van der Waals surface area contributed by atoms with E-state index >= 15 is 0 Å². The summed E-state index contributed by atoms with van der Waals surface area (Å²) in [5, 5.41) is 0. The highest BCUT2D eigenvalue weighted by atomic mass is 16.5. The molecule has 0 aliphatic rings. The Morgan fingerprint density at radius 3 is 2.30 bits per heavy atom. The van der Waals surface area contributed by atoms with Crippen molar-refractivity contribution < 1.29 is 18.6 Å². The van der Waals surface area contributed by atoms with Crippen molar-refractivity contribution in [2.75, 3.05) is 27.9 Å². The average molecular weight is 278 g/mol. The summed E-state index contributed by atoms with van der Waals surface area (Å²) < 4.78 is 21.6.